The van der Waals surface area contributed by atoms with Crippen LogP contribution in [0.1, 0.15) is 36.8 Å². The van der Waals surface area contributed by atoms with Crippen molar-refractivity contribution >= 4 is 15.9 Å². The van der Waals surface area contributed by atoms with Crippen LogP contribution in [0.25, 0.3) is 0 Å². The molecule has 1 unspecified atom stereocenters. The average Bonchev–Trinajstić information content (AvgIpc) is 2.29. The predicted molar refractivity (Wildman–Crippen MR) is 72.9 cm³/mol. The van der Waals surface area contributed by atoms with Gasteiger partial charge in [-0.2, -0.15) is 0 Å². The summed E-state index contributed by atoms with van der Waals surface area (Å²) in [5.41, 5.74) is 2.80. The number of hydrogen-bond acceptors (Lipinski definition) is 1. The molecule has 2 rings (SSSR count). The molecule has 0 bridgehead atoms. The normalized spacial score (nSPS) is 19.7. The molecule has 1 nitrogen and oxygen atoms in total. The zero-order valence-corrected chi connectivity index (χ0v) is 11.7. The molecule has 1 aliphatic rings. The Bertz CT molecular complexity index is 356. The van der Waals surface area contributed by atoms with Crippen LogP contribution in [0.15, 0.2) is 22.7 Å². The van der Waals surface area contributed by atoms with Gasteiger partial charge in [-0.1, -0.05) is 35.0 Å². The fourth-order valence-corrected chi connectivity index (χ4v) is 3.45. The van der Waals surface area contributed by atoms with Gasteiger partial charge in [-0.05, 0) is 61.9 Å². The summed E-state index contributed by atoms with van der Waals surface area (Å²) in [4.78, 5) is 0. The molecular formula is C14H20BrN. The van der Waals surface area contributed by atoms with Crippen molar-refractivity contribution in [1.29, 1.82) is 0 Å². The minimum absolute atomic E-state index is 0.664. The standard InChI is InChI=1S/C14H20BrN/c1-10-3-4-13(14(15)9-10)11(2)12-5-7-16-8-6-12/h3-4,9,11-12,16H,5-8H2,1-2H3. The Morgan fingerprint density at radius 3 is 2.62 bits per heavy atom. The lowest BCUT2D eigenvalue weighted by atomic mass is 9.81. The summed E-state index contributed by atoms with van der Waals surface area (Å²) in [5, 5.41) is 3.43. The van der Waals surface area contributed by atoms with Crippen LogP contribution in [0.5, 0.6) is 0 Å². The smallest absolute Gasteiger partial charge is 0.0212 e. The maximum absolute atomic E-state index is 3.70. The van der Waals surface area contributed by atoms with Gasteiger partial charge in [-0.15, -0.1) is 0 Å². The van der Waals surface area contributed by atoms with E-state index < -0.39 is 0 Å². The van der Waals surface area contributed by atoms with E-state index in [1.807, 2.05) is 0 Å². The largest absolute Gasteiger partial charge is 0.317 e. The first kappa shape index (κ1) is 12.1. The first-order chi connectivity index (χ1) is 7.68. The van der Waals surface area contributed by atoms with E-state index in [2.05, 4.69) is 53.3 Å². The molecular weight excluding hydrogens is 262 g/mol. The zero-order chi connectivity index (χ0) is 11.5. The predicted octanol–water partition coefficient (Wildman–Crippen LogP) is 3.86. The van der Waals surface area contributed by atoms with Gasteiger partial charge in [-0.3, -0.25) is 0 Å². The number of nitrogens with one attached hydrogen (secondary N) is 1. The van der Waals surface area contributed by atoms with E-state index in [4.69, 9.17) is 0 Å². The first-order valence-corrected chi connectivity index (χ1v) is 6.94. The highest BCUT2D eigenvalue weighted by molar-refractivity contribution is 9.10. The zero-order valence-electron chi connectivity index (χ0n) is 10.1. The van der Waals surface area contributed by atoms with E-state index in [0.29, 0.717) is 5.92 Å². The van der Waals surface area contributed by atoms with Crippen molar-refractivity contribution in [3.8, 4) is 0 Å². The summed E-state index contributed by atoms with van der Waals surface area (Å²) in [7, 11) is 0. The molecule has 1 heterocycles. The lowest BCUT2D eigenvalue weighted by molar-refractivity contribution is 0.330. The Kier molecular flexibility index (Phi) is 4.04. The molecule has 1 fully saturated rings. The third-order valence-corrected chi connectivity index (χ3v) is 4.42. The Hall–Kier alpha value is -0.340. The van der Waals surface area contributed by atoms with Crippen molar-refractivity contribution in [1.82, 2.24) is 5.32 Å². The van der Waals surface area contributed by atoms with Crippen molar-refractivity contribution in [2.45, 2.75) is 32.6 Å². The lowest BCUT2D eigenvalue weighted by Crippen LogP contribution is -2.30. The fourth-order valence-electron chi connectivity index (χ4n) is 2.60. The third-order valence-electron chi connectivity index (χ3n) is 3.74. The molecule has 1 aromatic carbocycles. The molecule has 16 heavy (non-hydrogen) atoms. The van der Waals surface area contributed by atoms with Gasteiger partial charge in [-0.25, -0.2) is 0 Å². The highest BCUT2D eigenvalue weighted by Gasteiger charge is 2.22. The summed E-state index contributed by atoms with van der Waals surface area (Å²) in [6.07, 6.45) is 2.61. The van der Waals surface area contributed by atoms with Crippen molar-refractivity contribution in [2.75, 3.05) is 13.1 Å². The Morgan fingerprint density at radius 1 is 1.31 bits per heavy atom. The van der Waals surface area contributed by atoms with Crippen molar-refractivity contribution in [2.24, 2.45) is 5.92 Å². The molecule has 0 spiro atoms. The van der Waals surface area contributed by atoms with Gasteiger partial charge in [0.2, 0.25) is 0 Å². The minimum Gasteiger partial charge on any atom is -0.317 e. The summed E-state index contributed by atoms with van der Waals surface area (Å²) in [5.74, 6) is 1.50. The van der Waals surface area contributed by atoms with Crippen LogP contribution >= 0.6 is 15.9 Å². The van der Waals surface area contributed by atoms with E-state index in [1.165, 1.54) is 41.5 Å². The SMILES string of the molecule is Cc1ccc(C(C)C2CCNCC2)c(Br)c1. The van der Waals surface area contributed by atoms with Crippen LogP contribution in [-0.4, -0.2) is 13.1 Å². The van der Waals surface area contributed by atoms with E-state index in [1.54, 1.807) is 0 Å². The topological polar surface area (TPSA) is 12.0 Å². The molecule has 1 N–H and O–H groups in total. The van der Waals surface area contributed by atoms with Crippen LogP contribution in [0, 0.1) is 12.8 Å². The van der Waals surface area contributed by atoms with E-state index in [9.17, 15) is 0 Å². The van der Waals surface area contributed by atoms with Crippen molar-refractivity contribution in [3.63, 3.8) is 0 Å². The lowest BCUT2D eigenvalue weighted by Gasteiger charge is -2.29. The Morgan fingerprint density at radius 2 is 2.00 bits per heavy atom. The van der Waals surface area contributed by atoms with Crippen molar-refractivity contribution in [3.05, 3.63) is 33.8 Å². The highest BCUT2D eigenvalue weighted by Crippen LogP contribution is 2.34. The van der Waals surface area contributed by atoms with Crippen LogP contribution in [-0.2, 0) is 0 Å². The van der Waals surface area contributed by atoms with Gasteiger partial charge < -0.3 is 5.32 Å². The monoisotopic (exact) mass is 281 g/mol. The second-order valence-electron chi connectivity index (χ2n) is 4.90. The van der Waals surface area contributed by atoms with Gasteiger partial charge in [0.05, 0.1) is 0 Å². The molecule has 88 valence electrons. The van der Waals surface area contributed by atoms with E-state index in [-0.39, 0.29) is 0 Å². The minimum atomic E-state index is 0.664. The molecule has 1 aromatic rings. The molecule has 1 atom stereocenters. The van der Waals surface area contributed by atoms with Crippen LogP contribution in [0.2, 0.25) is 0 Å². The van der Waals surface area contributed by atoms with Gasteiger partial charge in [0.15, 0.2) is 0 Å². The van der Waals surface area contributed by atoms with E-state index in [0.717, 1.165) is 5.92 Å². The van der Waals surface area contributed by atoms with Crippen LogP contribution in [0.4, 0.5) is 0 Å². The van der Waals surface area contributed by atoms with E-state index >= 15 is 0 Å². The van der Waals surface area contributed by atoms with Crippen LogP contribution in [0.3, 0.4) is 0 Å². The van der Waals surface area contributed by atoms with Crippen LogP contribution < -0.4 is 5.32 Å². The maximum atomic E-state index is 3.70. The first-order valence-electron chi connectivity index (χ1n) is 6.15. The molecule has 0 saturated carbocycles. The maximum Gasteiger partial charge on any atom is 0.0212 e. The second kappa shape index (κ2) is 5.33. The molecule has 0 aliphatic carbocycles. The van der Waals surface area contributed by atoms with Gasteiger partial charge in [0.25, 0.3) is 0 Å². The Balaban J connectivity index is 2.15. The third kappa shape index (κ3) is 2.67. The Labute approximate surface area is 107 Å². The number of benzene rings is 1. The molecule has 0 amide bonds. The van der Waals surface area contributed by atoms with Gasteiger partial charge >= 0.3 is 0 Å². The molecule has 1 saturated heterocycles. The quantitative estimate of drug-likeness (QED) is 0.868. The number of halogens is 1. The number of aryl methyl sites for hydroxylation is 1. The molecule has 2 heteroatoms. The fraction of sp³-hybridized carbons (Fsp3) is 0.571. The number of piperidine rings is 1. The number of hydrogen-bond donors (Lipinski definition) is 1. The molecule has 1 aliphatic heterocycles. The summed E-state index contributed by atoms with van der Waals surface area (Å²) in [6, 6.07) is 6.73. The second-order valence-corrected chi connectivity index (χ2v) is 5.76. The van der Waals surface area contributed by atoms with Gasteiger partial charge in [0, 0.05) is 4.47 Å². The summed E-state index contributed by atoms with van der Waals surface area (Å²) < 4.78 is 1.28. The van der Waals surface area contributed by atoms with Crippen molar-refractivity contribution < 1.29 is 0 Å². The average molecular weight is 282 g/mol. The van der Waals surface area contributed by atoms with Gasteiger partial charge in [0.1, 0.15) is 0 Å². The summed E-state index contributed by atoms with van der Waals surface area (Å²) >= 11 is 3.70. The molecule has 0 aromatic heterocycles. The highest BCUT2D eigenvalue weighted by atomic mass is 79.9. The summed E-state index contributed by atoms with van der Waals surface area (Å²) in [6.45, 7) is 6.87. The number of rotatable bonds is 2. The molecule has 0 radical (unpaired) electrons.